The predicted molar refractivity (Wildman–Crippen MR) is 104 cm³/mol. The summed E-state index contributed by atoms with van der Waals surface area (Å²) >= 11 is 0. The molecule has 0 atom stereocenters. The molecule has 4 heteroatoms. The van der Waals surface area contributed by atoms with Crippen LogP contribution < -0.4 is 0 Å². The normalized spacial score (nSPS) is 11.0. The Morgan fingerprint density at radius 1 is 0.840 bits per heavy atom. The third-order valence-corrected chi connectivity index (χ3v) is 4.17. The zero-order chi connectivity index (χ0) is 18.8. The van der Waals surface area contributed by atoms with E-state index in [2.05, 4.69) is 20.8 Å². The highest BCUT2D eigenvalue weighted by molar-refractivity contribution is 5.81. The maximum absolute atomic E-state index is 12.3. The summed E-state index contributed by atoms with van der Waals surface area (Å²) in [5.41, 5.74) is 0. The van der Waals surface area contributed by atoms with E-state index in [-0.39, 0.29) is 11.9 Å². The molecule has 0 aliphatic heterocycles. The summed E-state index contributed by atoms with van der Waals surface area (Å²) in [6, 6.07) is 0. The number of carbonyl (C=O) groups excluding carboxylic acids is 2. The van der Waals surface area contributed by atoms with Crippen molar-refractivity contribution in [3.05, 3.63) is 12.2 Å². The van der Waals surface area contributed by atoms with Gasteiger partial charge in [-0.2, -0.15) is 0 Å². The molecule has 0 N–H and O–H groups in total. The van der Waals surface area contributed by atoms with Crippen LogP contribution in [-0.2, 0) is 14.3 Å². The number of allylic oxidation sites excluding steroid dienone is 1. The fourth-order valence-corrected chi connectivity index (χ4v) is 2.52. The van der Waals surface area contributed by atoms with Crippen molar-refractivity contribution in [1.29, 1.82) is 0 Å². The van der Waals surface area contributed by atoms with Gasteiger partial charge in [0, 0.05) is 25.6 Å². The number of nitrogens with zero attached hydrogens (tertiary/aromatic N) is 1. The molecule has 0 fully saturated rings. The van der Waals surface area contributed by atoms with E-state index in [0.29, 0.717) is 13.0 Å². The van der Waals surface area contributed by atoms with Crippen LogP contribution in [0.1, 0.15) is 91.4 Å². The van der Waals surface area contributed by atoms with E-state index in [1.54, 1.807) is 0 Å². The summed E-state index contributed by atoms with van der Waals surface area (Å²) < 4.78 is 5.14. The van der Waals surface area contributed by atoms with E-state index in [4.69, 9.17) is 4.74 Å². The first kappa shape index (κ1) is 23.7. The van der Waals surface area contributed by atoms with Gasteiger partial charge in [-0.1, -0.05) is 59.0 Å². The average molecular weight is 354 g/mol. The van der Waals surface area contributed by atoms with Crippen LogP contribution in [0.2, 0.25) is 0 Å². The van der Waals surface area contributed by atoms with Gasteiger partial charge in [0.2, 0.25) is 5.91 Å². The van der Waals surface area contributed by atoms with Gasteiger partial charge in [-0.05, 0) is 32.1 Å². The molecule has 0 unspecified atom stereocenters. The minimum atomic E-state index is -0.268. The molecule has 0 saturated heterocycles. The van der Waals surface area contributed by atoms with Gasteiger partial charge in [0.25, 0.3) is 0 Å². The van der Waals surface area contributed by atoms with Crippen molar-refractivity contribution in [2.24, 2.45) is 0 Å². The second-order valence-electron chi connectivity index (χ2n) is 6.61. The van der Waals surface area contributed by atoms with Gasteiger partial charge in [-0.15, -0.1) is 0 Å². The van der Waals surface area contributed by atoms with Gasteiger partial charge in [0.15, 0.2) is 0 Å². The number of esters is 1. The molecule has 0 heterocycles. The maximum Gasteiger partial charge on any atom is 0.330 e. The lowest BCUT2D eigenvalue weighted by Gasteiger charge is -2.22. The topological polar surface area (TPSA) is 46.6 Å². The van der Waals surface area contributed by atoms with Crippen LogP contribution in [0.4, 0.5) is 0 Å². The summed E-state index contributed by atoms with van der Waals surface area (Å²) in [6.45, 7) is 8.70. The molecule has 0 aliphatic rings. The van der Waals surface area contributed by atoms with Crippen molar-refractivity contribution in [2.75, 3.05) is 19.7 Å². The van der Waals surface area contributed by atoms with Crippen molar-refractivity contribution in [1.82, 2.24) is 4.90 Å². The molecule has 0 aromatic rings. The van der Waals surface area contributed by atoms with E-state index < -0.39 is 0 Å². The first-order valence-electron chi connectivity index (χ1n) is 10.3. The monoisotopic (exact) mass is 353 g/mol. The Hall–Kier alpha value is -1.32. The van der Waals surface area contributed by atoms with E-state index in [0.717, 1.165) is 64.5 Å². The molecule has 25 heavy (non-hydrogen) atoms. The molecule has 1 amide bonds. The number of ether oxygens (including phenoxy) is 1. The number of carbonyl (C=O) groups is 2. The number of hydrogen-bond donors (Lipinski definition) is 0. The van der Waals surface area contributed by atoms with Crippen molar-refractivity contribution in [2.45, 2.75) is 91.4 Å². The Labute approximate surface area is 155 Å². The van der Waals surface area contributed by atoms with E-state index >= 15 is 0 Å². The Morgan fingerprint density at radius 3 is 2.08 bits per heavy atom. The number of unbranched alkanes of at least 4 members (excludes halogenated alkanes) is 6. The smallest absolute Gasteiger partial charge is 0.330 e. The number of hydrogen-bond acceptors (Lipinski definition) is 3. The highest BCUT2D eigenvalue weighted by atomic mass is 16.5. The molecule has 0 radical (unpaired) electrons. The molecule has 4 nitrogen and oxygen atoms in total. The first-order chi connectivity index (χ1) is 12.2. The van der Waals surface area contributed by atoms with Crippen LogP contribution in [0.25, 0.3) is 0 Å². The van der Waals surface area contributed by atoms with E-state index in [1.165, 1.54) is 18.9 Å². The van der Waals surface area contributed by atoms with Crippen molar-refractivity contribution in [3.8, 4) is 0 Å². The average Bonchev–Trinajstić information content (AvgIpc) is 2.61. The predicted octanol–water partition coefficient (Wildman–Crippen LogP) is 5.27. The first-order valence-corrected chi connectivity index (χ1v) is 10.3. The molecule has 0 saturated carbocycles. The van der Waals surface area contributed by atoms with Crippen LogP contribution in [0.5, 0.6) is 0 Å². The van der Waals surface area contributed by atoms with Crippen molar-refractivity contribution in [3.63, 3.8) is 0 Å². The standard InChI is InChI=1S/C21H39NO3/c1-4-7-10-14-19-25-21(24)16-13-11-12-15-20(23)22(17-8-5-2)18-9-6-3/h13,16H,4-12,14-15,17-19H2,1-3H3/b16-13+. The Kier molecular flexibility index (Phi) is 16.6. The highest BCUT2D eigenvalue weighted by Crippen LogP contribution is 2.06. The Morgan fingerprint density at radius 2 is 1.48 bits per heavy atom. The summed E-state index contributed by atoms with van der Waals surface area (Å²) in [7, 11) is 0. The van der Waals surface area contributed by atoms with Gasteiger partial charge in [-0.25, -0.2) is 4.79 Å². The number of amides is 1. The lowest BCUT2D eigenvalue weighted by atomic mass is 10.2. The van der Waals surface area contributed by atoms with Crippen molar-refractivity contribution >= 4 is 11.9 Å². The fraction of sp³-hybridized carbons (Fsp3) is 0.810. The molecule has 0 aromatic carbocycles. The zero-order valence-electron chi connectivity index (χ0n) is 16.7. The van der Waals surface area contributed by atoms with Gasteiger partial charge < -0.3 is 9.64 Å². The molecular weight excluding hydrogens is 314 g/mol. The van der Waals surface area contributed by atoms with Gasteiger partial charge in [0.1, 0.15) is 0 Å². The zero-order valence-corrected chi connectivity index (χ0v) is 16.7. The van der Waals surface area contributed by atoms with Gasteiger partial charge in [0.05, 0.1) is 6.61 Å². The summed E-state index contributed by atoms with van der Waals surface area (Å²) in [4.78, 5) is 25.8. The summed E-state index contributed by atoms with van der Waals surface area (Å²) in [6.07, 6.45) is 14.2. The van der Waals surface area contributed by atoms with E-state index in [9.17, 15) is 9.59 Å². The lowest BCUT2D eigenvalue weighted by Crippen LogP contribution is -2.32. The lowest BCUT2D eigenvalue weighted by molar-refractivity contribution is -0.137. The minimum absolute atomic E-state index is 0.244. The number of rotatable bonds is 16. The van der Waals surface area contributed by atoms with Gasteiger partial charge in [-0.3, -0.25) is 4.79 Å². The molecule has 146 valence electrons. The molecule has 0 rings (SSSR count). The second kappa shape index (κ2) is 17.5. The minimum Gasteiger partial charge on any atom is -0.463 e. The van der Waals surface area contributed by atoms with E-state index in [1.807, 2.05) is 11.0 Å². The summed E-state index contributed by atoms with van der Waals surface area (Å²) in [5.74, 6) is -0.0239. The molecule has 0 aromatic heterocycles. The van der Waals surface area contributed by atoms with Crippen molar-refractivity contribution < 1.29 is 14.3 Å². The quantitative estimate of drug-likeness (QED) is 0.216. The maximum atomic E-state index is 12.3. The Bertz CT molecular complexity index is 358. The third kappa shape index (κ3) is 14.7. The SMILES string of the molecule is CCCCCCOC(=O)/C=C/CCCC(=O)N(CCCC)CCCC. The molecule has 0 bridgehead atoms. The summed E-state index contributed by atoms with van der Waals surface area (Å²) in [5, 5.41) is 0. The van der Waals surface area contributed by atoms with Crippen LogP contribution >= 0.6 is 0 Å². The van der Waals surface area contributed by atoms with Gasteiger partial charge >= 0.3 is 5.97 Å². The van der Waals surface area contributed by atoms with Crippen LogP contribution in [-0.4, -0.2) is 36.5 Å². The Balaban J connectivity index is 3.87. The largest absolute Gasteiger partial charge is 0.463 e. The van der Waals surface area contributed by atoms with Crippen LogP contribution in [0, 0.1) is 0 Å². The van der Waals surface area contributed by atoms with Crippen LogP contribution in [0.3, 0.4) is 0 Å². The van der Waals surface area contributed by atoms with Crippen LogP contribution in [0.15, 0.2) is 12.2 Å². The fourth-order valence-electron chi connectivity index (χ4n) is 2.52. The third-order valence-electron chi connectivity index (χ3n) is 4.17. The molecule has 0 spiro atoms. The second-order valence-corrected chi connectivity index (χ2v) is 6.61. The molecular formula is C21H39NO3. The molecule has 0 aliphatic carbocycles. The highest BCUT2D eigenvalue weighted by Gasteiger charge is 2.11.